The second kappa shape index (κ2) is 7.09. The van der Waals surface area contributed by atoms with Crippen LogP contribution in [0, 0.1) is 5.92 Å². The van der Waals surface area contributed by atoms with Crippen molar-refractivity contribution in [1.29, 1.82) is 0 Å². The fourth-order valence-corrected chi connectivity index (χ4v) is 2.77. The van der Waals surface area contributed by atoms with E-state index in [-0.39, 0.29) is 11.9 Å². The van der Waals surface area contributed by atoms with Crippen LogP contribution in [-0.2, 0) is 0 Å². The number of piperidine rings is 1. The van der Waals surface area contributed by atoms with E-state index in [2.05, 4.69) is 19.2 Å². The molecule has 1 aromatic carbocycles. The third-order valence-corrected chi connectivity index (χ3v) is 4.08. The molecule has 0 radical (unpaired) electrons. The van der Waals surface area contributed by atoms with Gasteiger partial charge in [-0.2, -0.15) is 0 Å². The quantitative estimate of drug-likeness (QED) is 0.925. The number of hydrogen-bond donors (Lipinski definition) is 1. The summed E-state index contributed by atoms with van der Waals surface area (Å²) >= 11 is 5.88. The van der Waals surface area contributed by atoms with Crippen molar-refractivity contribution in [3.8, 4) is 0 Å². The Labute approximate surface area is 126 Å². The highest BCUT2D eigenvalue weighted by Gasteiger charge is 2.23. The van der Waals surface area contributed by atoms with Gasteiger partial charge in [0, 0.05) is 23.2 Å². The van der Waals surface area contributed by atoms with Crippen LogP contribution in [0.15, 0.2) is 24.3 Å². The molecule has 3 nitrogen and oxygen atoms in total. The fraction of sp³-hybridized carbons (Fsp3) is 0.562. The van der Waals surface area contributed by atoms with E-state index in [0.29, 0.717) is 16.5 Å². The van der Waals surface area contributed by atoms with Crippen LogP contribution in [0.2, 0.25) is 5.02 Å². The van der Waals surface area contributed by atoms with Gasteiger partial charge in [-0.1, -0.05) is 11.6 Å². The number of nitrogens with one attached hydrogen (secondary N) is 1. The van der Waals surface area contributed by atoms with Crippen molar-refractivity contribution in [2.45, 2.75) is 32.7 Å². The van der Waals surface area contributed by atoms with Crippen LogP contribution in [0.5, 0.6) is 0 Å². The zero-order valence-corrected chi connectivity index (χ0v) is 13.0. The smallest absolute Gasteiger partial charge is 0.254 e. The van der Waals surface area contributed by atoms with E-state index < -0.39 is 0 Å². The monoisotopic (exact) mass is 294 g/mol. The van der Waals surface area contributed by atoms with Gasteiger partial charge in [0.05, 0.1) is 0 Å². The molecule has 0 spiro atoms. The second-order valence-corrected chi connectivity index (χ2v) is 6.21. The number of amides is 1. The lowest BCUT2D eigenvalue weighted by molar-refractivity contribution is 0.0661. The molecule has 4 heteroatoms. The Morgan fingerprint density at radius 3 is 2.65 bits per heavy atom. The third-order valence-electron chi connectivity index (χ3n) is 3.83. The lowest BCUT2D eigenvalue weighted by Gasteiger charge is -2.33. The van der Waals surface area contributed by atoms with E-state index in [4.69, 9.17) is 11.6 Å². The van der Waals surface area contributed by atoms with Crippen LogP contribution in [0.25, 0.3) is 0 Å². The summed E-state index contributed by atoms with van der Waals surface area (Å²) in [5.74, 6) is 0.657. The van der Waals surface area contributed by atoms with Crippen molar-refractivity contribution in [2.24, 2.45) is 5.92 Å². The average Bonchev–Trinajstić information content (AvgIpc) is 2.45. The van der Waals surface area contributed by atoms with Gasteiger partial charge in [-0.25, -0.2) is 0 Å². The number of halogens is 1. The van der Waals surface area contributed by atoms with Crippen molar-refractivity contribution in [3.05, 3.63) is 34.9 Å². The van der Waals surface area contributed by atoms with Gasteiger partial charge < -0.3 is 10.2 Å². The molecule has 0 aliphatic carbocycles. The summed E-state index contributed by atoms with van der Waals surface area (Å²) in [6, 6.07) is 7.36. The standard InChI is InChI=1S/C16H23ClN2O/c1-12(2)19(11-13-4-3-9-18-10-13)16(20)14-5-7-15(17)8-6-14/h5-8,12-13,18H,3-4,9-11H2,1-2H3. The van der Waals surface area contributed by atoms with E-state index in [0.717, 1.165) is 19.6 Å². The molecule has 0 aromatic heterocycles. The Morgan fingerprint density at radius 1 is 1.40 bits per heavy atom. The van der Waals surface area contributed by atoms with Gasteiger partial charge in [0.15, 0.2) is 0 Å². The molecule has 0 saturated carbocycles. The predicted octanol–water partition coefficient (Wildman–Crippen LogP) is 3.19. The number of hydrogen-bond acceptors (Lipinski definition) is 2. The first-order chi connectivity index (χ1) is 9.58. The first-order valence-electron chi connectivity index (χ1n) is 7.35. The normalized spacial score (nSPS) is 19.1. The molecular weight excluding hydrogens is 272 g/mol. The Kier molecular flexibility index (Phi) is 5.44. The second-order valence-electron chi connectivity index (χ2n) is 5.77. The van der Waals surface area contributed by atoms with Gasteiger partial charge in [-0.05, 0) is 70.0 Å². The van der Waals surface area contributed by atoms with E-state index in [9.17, 15) is 4.79 Å². The maximum Gasteiger partial charge on any atom is 0.254 e. The summed E-state index contributed by atoms with van der Waals surface area (Å²) in [5.41, 5.74) is 0.715. The molecule has 1 amide bonds. The molecule has 110 valence electrons. The Morgan fingerprint density at radius 2 is 2.10 bits per heavy atom. The van der Waals surface area contributed by atoms with Crippen LogP contribution in [0.4, 0.5) is 0 Å². The van der Waals surface area contributed by atoms with E-state index in [1.54, 1.807) is 24.3 Å². The van der Waals surface area contributed by atoms with E-state index in [1.807, 2.05) is 4.90 Å². The highest BCUT2D eigenvalue weighted by Crippen LogP contribution is 2.17. The molecule has 20 heavy (non-hydrogen) atoms. The minimum Gasteiger partial charge on any atom is -0.336 e. The van der Waals surface area contributed by atoms with Gasteiger partial charge in [-0.15, -0.1) is 0 Å². The molecule has 2 rings (SSSR count). The van der Waals surface area contributed by atoms with Crippen LogP contribution in [0.1, 0.15) is 37.0 Å². The molecule has 1 aromatic rings. The third kappa shape index (κ3) is 3.97. The Hall–Kier alpha value is -1.06. The fourth-order valence-electron chi connectivity index (χ4n) is 2.64. The van der Waals surface area contributed by atoms with Crippen molar-refractivity contribution in [2.75, 3.05) is 19.6 Å². The number of benzene rings is 1. The number of nitrogens with zero attached hydrogens (tertiary/aromatic N) is 1. The molecule has 1 fully saturated rings. The van der Waals surface area contributed by atoms with E-state index >= 15 is 0 Å². The number of rotatable bonds is 4. The topological polar surface area (TPSA) is 32.3 Å². The lowest BCUT2D eigenvalue weighted by Crippen LogP contribution is -2.44. The molecule has 1 atom stereocenters. The predicted molar refractivity (Wildman–Crippen MR) is 83.2 cm³/mol. The summed E-state index contributed by atoms with van der Waals surface area (Å²) < 4.78 is 0. The maximum atomic E-state index is 12.6. The largest absolute Gasteiger partial charge is 0.336 e. The molecule has 1 aliphatic heterocycles. The first kappa shape index (κ1) is 15.3. The minimum atomic E-state index is 0.0993. The minimum absolute atomic E-state index is 0.0993. The van der Waals surface area contributed by atoms with Gasteiger partial charge >= 0.3 is 0 Å². The summed E-state index contributed by atoms with van der Waals surface area (Å²) in [6.07, 6.45) is 2.40. The highest BCUT2D eigenvalue weighted by atomic mass is 35.5. The summed E-state index contributed by atoms with van der Waals surface area (Å²) in [5, 5.41) is 4.07. The zero-order chi connectivity index (χ0) is 14.5. The van der Waals surface area contributed by atoms with Crippen molar-refractivity contribution >= 4 is 17.5 Å². The summed E-state index contributed by atoms with van der Waals surface area (Å²) in [7, 11) is 0. The van der Waals surface area contributed by atoms with Crippen molar-refractivity contribution in [1.82, 2.24) is 10.2 Å². The van der Waals surface area contributed by atoms with Crippen LogP contribution < -0.4 is 5.32 Å². The average molecular weight is 295 g/mol. The van der Waals surface area contributed by atoms with Gasteiger partial charge in [0.25, 0.3) is 5.91 Å². The van der Waals surface area contributed by atoms with Crippen LogP contribution >= 0.6 is 11.6 Å². The van der Waals surface area contributed by atoms with Crippen molar-refractivity contribution < 1.29 is 4.79 Å². The van der Waals surface area contributed by atoms with Gasteiger partial charge in [-0.3, -0.25) is 4.79 Å². The highest BCUT2D eigenvalue weighted by molar-refractivity contribution is 6.30. The first-order valence-corrected chi connectivity index (χ1v) is 7.73. The molecule has 0 bridgehead atoms. The van der Waals surface area contributed by atoms with Crippen LogP contribution in [-0.4, -0.2) is 36.5 Å². The molecule has 1 heterocycles. The van der Waals surface area contributed by atoms with Crippen LogP contribution in [0.3, 0.4) is 0 Å². The summed E-state index contributed by atoms with van der Waals surface area (Å²) in [6.45, 7) is 7.08. The molecule has 1 N–H and O–H groups in total. The Balaban J connectivity index is 2.07. The molecule has 1 unspecified atom stereocenters. The summed E-state index contributed by atoms with van der Waals surface area (Å²) in [4.78, 5) is 14.6. The van der Waals surface area contributed by atoms with E-state index in [1.165, 1.54) is 12.8 Å². The molecular formula is C16H23ClN2O. The zero-order valence-electron chi connectivity index (χ0n) is 12.2. The van der Waals surface area contributed by atoms with Gasteiger partial charge in [0.2, 0.25) is 0 Å². The van der Waals surface area contributed by atoms with Crippen molar-refractivity contribution in [3.63, 3.8) is 0 Å². The van der Waals surface area contributed by atoms with Gasteiger partial charge in [0.1, 0.15) is 0 Å². The molecule has 1 aliphatic rings. The maximum absolute atomic E-state index is 12.6. The lowest BCUT2D eigenvalue weighted by atomic mass is 9.98. The number of carbonyl (C=O) groups is 1. The number of carbonyl (C=O) groups excluding carboxylic acids is 1. The Bertz CT molecular complexity index is 438. The SMILES string of the molecule is CC(C)N(CC1CCCNC1)C(=O)c1ccc(Cl)cc1. The molecule has 1 saturated heterocycles.